The van der Waals surface area contributed by atoms with Crippen molar-refractivity contribution in [3.05, 3.63) is 35.1 Å². The van der Waals surface area contributed by atoms with E-state index in [2.05, 4.69) is 0 Å². The minimum Gasteiger partial charge on any atom is -0.450 e. The van der Waals surface area contributed by atoms with Crippen LogP contribution in [0.3, 0.4) is 0 Å². The molecule has 1 heterocycles. The molecule has 0 aromatic heterocycles. The van der Waals surface area contributed by atoms with Gasteiger partial charge in [0.1, 0.15) is 5.82 Å². The Bertz CT molecular complexity index is 464. The van der Waals surface area contributed by atoms with Crippen LogP contribution in [-0.2, 0) is 15.9 Å². The predicted molar refractivity (Wildman–Crippen MR) is 68.4 cm³/mol. The Labute approximate surface area is 112 Å². The molecule has 1 aromatic rings. The summed E-state index contributed by atoms with van der Waals surface area (Å²) in [7, 11) is 1.57. The third kappa shape index (κ3) is 2.71. The second-order valence-corrected chi connectivity index (χ2v) is 4.42. The summed E-state index contributed by atoms with van der Waals surface area (Å²) in [6.45, 7) is 2.86. The highest BCUT2D eigenvalue weighted by molar-refractivity contribution is 5.69. The Morgan fingerprint density at radius 2 is 2.32 bits per heavy atom. The van der Waals surface area contributed by atoms with Crippen molar-refractivity contribution in [1.82, 2.24) is 4.90 Å². The maximum absolute atomic E-state index is 13.8. The minimum atomic E-state index is -0.375. The van der Waals surface area contributed by atoms with Gasteiger partial charge in [-0.3, -0.25) is 4.90 Å². The molecule has 0 spiro atoms. The number of amides is 1. The zero-order valence-corrected chi connectivity index (χ0v) is 11.2. The van der Waals surface area contributed by atoms with E-state index in [1.165, 1.54) is 6.07 Å². The van der Waals surface area contributed by atoms with Gasteiger partial charge < -0.3 is 9.47 Å². The van der Waals surface area contributed by atoms with E-state index in [4.69, 9.17) is 9.47 Å². The predicted octanol–water partition coefficient (Wildman–Crippen LogP) is 2.53. The van der Waals surface area contributed by atoms with E-state index in [9.17, 15) is 9.18 Å². The third-order valence-electron chi connectivity index (χ3n) is 3.32. The molecular formula is C14H18FNO3. The fourth-order valence-corrected chi connectivity index (χ4v) is 2.47. The number of carbonyl (C=O) groups is 1. The molecule has 1 aliphatic heterocycles. The normalized spacial score (nSPS) is 18.1. The molecule has 0 radical (unpaired) electrons. The van der Waals surface area contributed by atoms with Crippen LogP contribution in [0.2, 0.25) is 0 Å². The average Bonchev–Trinajstić information content (AvgIpc) is 2.40. The molecule has 0 aliphatic carbocycles. The van der Waals surface area contributed by atoms with Crippen LogP contribution >= 0.6 is 0 Å². The van der Waals surface area contributed by atoms with Crippen LogP contribution < -0.4 is 0 Å². The van der Waals surface area contributed by atoms with Crippen molar-refractivity contribution in [2.75, 3.05) is 26.9 Å². The summed E-state index contributed by atoms with van der Waals surface area (Å²) in [6.07, 6.45) is 0.126. The van der Waals surface area contributed by atoms with Gasteiger partial charge >= 0.3 is 6.09 Å². The Morgan fingerprint density at radius 1 is 1.53 bits per heavy atom. The SMILES string of the molecule is CCOC(=O)N1CCc2c(F)cccc2C1COC. The molecule has 1 unspecified atom stereocenters. The number of ether oxygens (including phenoxy) is 2. The summed E-state index contributed by atoms with van der Waals surface area (Å²) in [5, 5.41) is 0. The van der Waals surface area contributed by atoms with E-state index in [1.807, 2.05) is 6.07 Å². The largest absolute Gasteiger partial charge is 0.450 e. The van der Waals surface area contributed by atoms with E-state index in [1.54, 1.807) is 25.0 Å². The second kappa shape index (κ2) is 6.02. The number of hydrogen-bond donors (Lipinski definition) is 0. The van der Waals surface area contributed by atoms with Gasteiger partial charge in [-0.2, -0.15) is 0 Å². The number of methoxy groups -OCH3 is 1. The Morgan fingerprint density at radius 3 is 3.00 bits per heavy atom. The van der Waals surface area contributed by atoms with Gasteiger partial charge in [-0.15, -0.1) is 0 Å². The first-order valence-corrected chi connectivity index (χ1v) is 6.38. The van der Waals surface area contributed by atoms with Crippen molar-refractivity contribution in [2.24, 2.45) is 0 Å². The standard InChI is InChI=1S/C14H18FNO3/c1-3-19-14(17)16-8-7-10-11(13(16)9-18-2)5-4-6-12(10)15/h4-6,13H,3,7-9H2,1-2H3. The molecular weight excluding hydrogens is 249 g/mol. The van der Waals surface area contributed by atoms with Crippen molar-refractivity contribution < 1.29 is 18.7 Å². The van der Waals surface area contributed by atoms with Gasteiger partial charge in [-0.1, -0.05) is 12.1 Å². The molecule has 0 fully saturated rings. The van der Waals surface area contributed by atoms with E-state index in [0.717, 1.165) is 5.56 Å². The Balaban J connectivity index is 2.33. The fraction of sp³-hybridized carbons (Fsp3) is 0.500. The summed E-state index contributed by atoms with van der Waals surface area (Å²) >= 11 is 0. The van der Waals surface area contributed by atoms with E-state index in [0.29, 0.717) is 31.7 Å². The van der Waals surface area contributed by atoms with Crippen LogP contribution in [0.1, 0.15) is 24.1 Å². The van der Waals surface area contributed by atoms with Crippen molar-refractivity contribution in [2.45, 2.75) is 19.4 Å². The molecule has 4 nitrogen and oxygen atoms in total. The highest BCUT2D eigenvalue weighted by Gasteiger charge is 2.32. The van der Waals surface area contributed by atoms with Gasteiger partial charge in [-0.25, -0.2) is 9.18 Å². The topological polar surface area (TPSA) is 38.8 Å². The van der Waals surface area contributed by atoms with Crippen molar-refractivity contribution in [3.63, 3.8) is 0 Å². The van der Waals surface area contributed by atoms with Crippen LogP contribution in [0.4, 0.5) is 9.18 Å². The highest BCUT2D eigenvalue weighted by Crippen LogP contribution is 2.31. The number of hydrogen-bond acceptors (Lipinski definition) is 3. The smallest absolute Gasteiger partial charge is 0.410 e. The quantitative estimate of drug-likeness (QED) is 0.844. The number of carbonyl (C=O) groups excluding carboxylic acids is 1. The van der Waals surface area contributed by atoms with Crippen molar-refractivity contribution in [1.29, 1.82) is 0 Å². The molecule has 1 aromatic carbocycles. The molecule has 5 heteroatoms. The van der Waals surface area contributed by atoms with Crippen molar-refractivity contribution in [3.8, 4) is 0 Å². The first kappa shape index (κ1) is 13.8. The molecule has 1 atom stereocenters. The number of rotatable bonds is 3. The van der Waals surface area contributed by atoms with Crippen LogP contribution in [0, 0.1) is 5.82 Å². The lowest BCUT2D eigenvalue weighted by molar-refractivity contribution is 0.0555. The van der Waals surface area contributed by atoms with Gasteiger partial charge in [0.15, 0.2) is 0 Å². The van der Waals surface area contributed by atoms with E-state index >= 15 is 0 Å². The van der Waals surface area contributed by atoms with Gasteiger partial charge in [0, 0.05) is 13.7 Å². The number of fused-ring (bicyclic) bond motifs is 1. The molecule has 0 saturated carbocycles. The Hall–Kier alpha value is -1.62. The van der Waals surface area contributed by atoms with Crippen molar-refractivity contribution >= 4 is 6.09 Å². The summed E-state index contributed by atoms with van der Waals surface area (Å²) in [4.78, 5) is 13.5. The summed E-state index contributed by atoms with van der Waals surface area (Å²) < 4.78 is 24.0. The Kier molecular flexibility index (Phi) is 4.37. The number of nitrogens with zero attached hydrogens (tertiary/aromatic N) is 1. The van der Waals surface area contributed by atoms with Crippen LogP contribution in [-0.4, -0.2) is 37.9 Å². The van der Waals surface area contributed by atoms with Crippen LogP contribution in [0.5, 0.6) is 0 Å². The molecule has 19 heavy (non-hydrogen) atoms. The van der Waals surface area contributed by atoms with Gasteiger partial charge in [-0.05, 0) is 30.5 Å². The molecule has 0 bridgehead atoms. The lowest BCUT2D eigenvalue weighted by Gasteiger charge is -2.36. The van der Waals surface area contributed by atoms with E-state index < -0.39 is 0 Å². The zero-order valence-electron chi connectivity index (χ0n) is 11.2. The molecule has 0 saturated heterocycles. The highest BCUT2D eigenvalue weighted by atomic mass is 19.1. The summed E-state index contributed by atoms with van der Waals surface area (Å²) in [5.74, 6) is -0.220. The van der Waals surface area contributed by atoms with Gasteiger partial charge in [0.25, 0.3) is 0 Å². The summed E-state index contributed by atoms with van der Waals surface area (Å²) in [6, 6.07) is 4.66. The second-order valence-electron chi connectivity index (χ2n) is 4.42. The van der Waals surface area contributed by atoms with Crippen LogP contribution in [0.25, 0.3) is 0 Å². The maximum atomic E-state index is 13.8. The summed E-state index contributed by atoms with van der Waals surface area (Å²) in [5.41, 5.74) is 1.48. The molecule has 2 rings (SSSR count). The molecule has 0 N–H and O–H groups in total. The minimum absolute atomic E-state index is 0.220. The first-order chi connectivity index (χ1) is 9.19. The fourth-order valence-electron chi connectivity index (χ4n) is 2.47. The third-order valence-corrected chi connectivity index (χ3v) is 3.32. The van der Waals surface area contributed by atoms with Crippen LogP contribution in [0.15, 0.2) is 18.2 Å². The maximum Gasteiger partial charge on any atom is 0.410 e. The molecule has 1 amide bonds. The monoisotopic (exact) mass is 267 g/mol. The van der Waals surface area contributed by atoms with Gasteiger partial charge in [0.2, 0.25) is 0 Å². The van der Waals surface area contributed by atoms with E-state index in [-0.39, 0.29) is 18.0 Å². The first-order valence-electron chi connectivity index (χ1n) is 6.38. The number of benzene rings is 1. The zero-order chi connectivity index (χ0) is 13.8. The number of halogens is 1. The lowest BCUT2D eigenvalue weighted by atomic mass is 9.93. The molecule has 1 aliphatic rings. The molecule has 104 valence electrons. The van der Waals surface area contributed by atoms with Gasteiger partial charge in [0.05, 0.1) is 19.3 Å². The average molecular weight is 267 g/mol. The lowest BCUT2D eigenvalue weighted by Crippen LogP contribution is -2.42.